The summed E-state index contributed by atoms with van der Waals surface area (Å²) in [5.74, 6) is -0.121. The molecule has 0 aromatic heterocycles. The Bertz CT molecular complexity index is 769. The van der Waals surface area contributed by atoms with E-state index in [0.29, 0.717) is 30.4 Å². The minimum atomic E-state index is -3.18. The van der Waals surface area contributed by atoms with E-state index in [1.165, 1.54) is 6.26 Å². The van der Waals surface area contributed by atoms with E-state index in [0.717, 1.165) is 31.2 Å². The minimum Gasteiger partial charge on any atom is -0.348 e. The first-order valence-electron chi connectivity index (χ1n) is 8.52. The summed E-state index contributed by atoms with van der Waals surface area (Å²) in [5, 5.41) is 2.40. The van der Waals surface area contributed by atoms with E-state index in [1.54, 1.807) is 18.2 Å². The molecule has 24 heavy (non-hydrogen) atoms. The topological polar surface area (TPSA) is 80.3 Å². The molecule has 2 aliphatic carbocycles. The van der Waals surface area contributed by atoms with Crippen LogP contribution >= 0.6 is 0 Å². The normalized spacial score (nSPS) is 24.3. The molecule has 130 valence electrons. The van der Waals surface area contributed by atoms with Gasteiger partial charge >= 0.3 is 0 Å². The lowest BCUT2D eigenvalue weighted by Gasteiger charge is -2.31. The number of hydrogen-bond donors (Lipinski definition) is 1. The van der Waals surface area contributed by atoms with E-state index >= 15 is 0 Å². The predicted octanol–water partition coefficient (Wildman–Crippen LogP) is 2.29. The first-order valence-corrected chi connectivity index (χ1v) is 10.5. The zero-order chi connectivity index (χ0) is 17.3. The van der Waals surface area contributed by atoms with Crippen LogP contribution in [-0.4, -0.2) is 37.7 Å². The van der Waals surface area contributed by atoms with Crippen molar-refractivity contribution in [3.8, 4) is 0 Å². The van der Waals surface area contributed by atoms with Gasteiger partial charge in [0.1, 0.15) is 0 Å². The lowest BCUT2D eigenvalue weighted by atomic mass is 9.89. The van der Waals surface area contributed by atoms with Gasteiger partial charge < -0.3 is 5.32 Å². The maximum Gasteiger partial charge on any atom is 0.251 e. The fraction of sp³-hybridized carbons (Fsp3) is 0.556. The van der Waals surface area contributed by atoms with E-state index in [4.69, 9.17) is 0 Å². The number of rotatable bonds is 3. The largest absolute Gasteiger partial charge is 0.348 e. The fourth-order valence-corrected chi connectivity index (χ4v) is 5.21. The number of benzene rings is 1. The summed E-state index contributed by atoms with van der Waals surface area (Å²) in [6.45, 7) is 0. The van der Waals surface area contributed by atoms with Gasteiger partial charge in [-0.05, 0) is 43.4 Å². The third-order valence-corrected chi connectivity index (χ3v) is 6.75. The average Bonchev–Trinajstić information content (AvgIpc) is 2.54. The first kappa shape index (κ1) is 17.1. The monoisotopic (exact) mass is 349 g/mol. The summed E-state index contributed by atoms with van der Waals surface area (Å²) in [6.07, 6.45) is 6.52. The second-order valence-corrected chi connectivity index (χ2v) is 9.15. The van der Waals surface area contributed by atoms with Gasteiger partial charge in [-0.3, -0.25) is 9.59 Å². The molecule has 6 heteroatoms. The fourth-order valence-electron chi connectivity index (χ4n) is 3.81. The molecule has 1 aromatic carbocycles. The van der Waals surface area contributed by atoms with Crippen LogP contribution in [0.4, 0.5) is 0 Å². The van der Waals surface area contributed by atoms with Crippen LogP contribution in [0, 0.1) is 0 Å². The van der Waals surface area contributed by atoms with Crippen molar-refractivity contribution in [1.29, 1.82) is 0 Å². The Balaban J connectivity index is 1.78. The SMILES string of the molecule is CS(=O)(=O)[C@@H]1CCCC[C@H]1NC(=O)c1ccc2c(c1)CCCC2=O. The van der Waals surface area contributed by atoms with E-state index in [9.17, 15) is 18.0 Å². The van der Waals surface area contributed by atoms with Crippen molar-refractivity contribution >= 4 is 21.5 Å². The van der Waals surface area contributed by atoms with Crippen LogP contribution in [0.3, 0.4) is 0 Å². The number of carbonyl (C=O) groups excluding carboxylic acids is 2. The number of nitrogens with one attached hydrogen (secondary N) is 1. The molecule has 0 heterocycles. The predicted molar refractivity (Wildman–Crippen MR) is 92.1 cm³/mol. The van der Waals surface area contributed by atoms with Crippen LogP contribution in [-0.2, 0) is 16.3 Å². The van der Waals surface area contributed by atoms with Gasteiger partial charge in [0.05, 0.1) is 5.25 Å². The second kappa shape index (κ2) is 6.67. The molecular weight excluding hydrogens is 326 g/mol. The zero-order valence-corrected chi connectivity index (χ0v) is 14.7. The van der Waals surface area contributed by atoms with Gasteiger partial charge in [0.25, 0.3) is 5.91 Å². The van der Waals surface area contributed by atoms with Gasteiger partial charge in [-0.2, -0.15) is 0 Å². The molecule has 1 saturated carbocycles. The van der Waals surface area contributed by atoms with Gasteiger partial charge in [0.2, 0.25) is 0 Å². The van der Waals surface area contributed by atoms with Crippen LogP contribution in [0.25, 0.3) is 0 Å². The molecule has 0 aliphatic heterocycles. The van der Waals surface area contributed by atoms with Crippen molar-refractivity contribution in [2.45, 2.75) is 56.2 Å². The summed E-state index contributed by atoms with van der Waals surface area (Å²) < 4.78 is 23.9. The summed E-state index contributed by atoms with van der Waals surface area (Å²) in [7, 11) is -3.18. The smallest absolute Gasteiger partial charge is 0.251 e. The number of ketones is 1. The highest BCUT2D eigenvalue weighted by molar-refractivity contribution is 7.91. The van der Waals surface area contributed by atoms with Crippen molar-refractivity contribution in [1.82, 2.24) is 5.32 Å². The molecular formula is C18H23NO4S. The highest BCUT2D eigenvalue weighted by atomic mass is 32.2. The first-order chi connectivity index (χ1) is 11.4. The zero-order valence-electron chi connectivity index (χ0n) is 13.9. The van der Waals surface area contributed by atoms with Gasteiger partial charge in [0, 0.05) is 29.8 Å². The molecule has 0 bridgehead atoms. The van der Waals surface area contributed by atoms with E-state index < -0.39 is 15.1 Å². The van der Waals surface area contributed by atoms with Crippen LogP contribution in [0.1, 0.15) is 64.8 Å². The molecule has 0 unspecified atom stereocenters. The summed E-state index contributed by atoms with van der Waals surface area (Å²) in [5.41, 5.74) is 2.13. The molecule has 1 aromatic rings. The molecule has 3 rings (SSSR count). The molecule has 1 amide bonds. The summed E-state index contributed by atoms with van der Waals surface area (Å²) in [6, 6.07) is 4.83. The lowest BCUT2D eigenvalue weighted by Crippen LogP contribution is -2.48. The van der Waals surface area contributed by atoms with E-state index in [-0.39, 0.29) is 17.7 Å². The van der Waals surface area contributed by atoms with Gasteiger partial charge in [-0.1, -0.05) is 18.9 Å². The summed E-state index contributed by atoms with van der Waals surface area (Å²) in [4.78, 5) is 24.4. The molecule has 1 N–H and O–H groups in total. The van der Waals surface area contributed by atoms with Gasteiger partial charge in [-0.25, -0.2) is 8.42 Å². The third kappa shape index (κ3) is 3.53. The maximum absolute atomic E-state index is 12.6. The number of fused-ring (bicyclic) bond motifs is 1. The molecule has 0 saturated heterocycles. The van der Waals surface area contributed by atoms with Crippen LogP contribution in [0.2, 0.25) is 0 Å². The minimum absolute atomic E-state index is 0.132. The lowest BCUT2D eigenvalue weighted by molar-refractivity contribution is 0.0925. The number of carbonyl (C=O) groups is 2. The van der Waals surface area contributed by atoms with E-state index in [1.807, 2.05) is 0 Å². The molecule has 0 radical (unpaired) electrons. The van der Waals surface area contributed by atoms with Gasteiger partial charge in [0.15, 0.2) is 15.6 Å². The highest BCUT2D eigenvalue weighted by Crippen LogP contribution is 2.25. The average molecular weight is 349 g/mol. The summed E-state index contributed by atoms with van der Waals surface area (Å²) >= 11 is 0. The highest BCUT2D eigenvalue weighted by Gasteiger charge is 2.34. The van der Waals surface area contributed by atoms with Crippen molar-refractivity contribution in [3.63, 3.8) is 0 Å². The Morgan fingerprint density at radius 3 is 2.62 bits per heavy atom. The van der Waals surface area contributed by atoms with Crippen LogP contribution in [0.5, 0.6) is 0 Å². The third-order valence-electron chi connectivity index (χ3n) is 5.09. The molecule has 2 aliphatic rings. The van der Waals surface area contributed by atoms with E-state index in [2.05, 4.69) is 5.32 Å². The Morgan fingerprint density at radius 1 is 1.12 bits per heavy atom. The Kier molecular flexibility index (Phi) is 4.76. The van der Waals surface area contributed by atoms with Crippen molar-refractivity contribution in [2.75, 3.05) is 6.26 Å². The van der Waals surface area contributed by atoms with Crippen molar-refractivity contribution in [3.05, 3.63) is 34.9 Å². The van der Waals surface area contributed by atoms with Crippen LogP contribution in [0.15, 0.2) is 18.2 Å². The number of Topliss-reactive ketones (excluding diaryl/α,β-unsaturated/α-hetero) is 1. The standard InChI is InChI=1S/C18H23NO4S/c1-24(22,23)17-8-3-2-6-15(17)19-18(21)13-9-10-14-12(11-13)5-4-7-16(14)20/h9-11,15,17H,2-8H2,1H3,(H,19,21)/t15-,17-/m1/s1. The molecule has 0 spiro atoms. The van der Waals surface area contributed by atoms with Crippen molar-refractivity contribution in [2.24, 2.45) is 0 Å². The Labute approximate surface area is 142 Å². The van der Waals surface area contributed by atoms with Gasteiger partial charge in [-0.15, -0.1) is 0 Å². The quantitative estimate of drug-likeness (QED) is 0.908. The number of amides is 1. The molecule has 1 fully saturated rings. The molecule has 2 atom stereocenters. The Morgan fingerprint density at radius 2 is 1.88 bits per heavy atom. The number of aryl methyl sites for hydroxylation is 1. The number of sulfone groups is 1. The van der Waals surface area contributed by atoms with Crippen molar-refractivity contribution < 1.29 is 18.0 Å². The number of hydrogen-bond acceptors (Lipinski definition) is 4. The second-order valence-electron chi connectivity index (χ2n) is 6.88. The van der Waals surface area contributed by atoms with Crippen LogP contribution < -0.4 is 5.32 Å². The molecule has 5 nitrogen and oxygen atoms in total. The maximum atomic E-state index is 12.6. The Hall–Kier alpha value is -1.69.